The molecule has 2 rings (SSSR count). The fourth-order valence-corrected chi connectivity index (χ4v) is 2.04. The summed E-state index contributed by atoms with van der Waals surface area (Å²) in [5, 5.41) is 15.5. The quantitative estimate of drug-likeness (QED) is 0.467. The zero-order valence-electron chi connectivity index (χ0n) is 9.27. The Bertz CT molecular complexity index is 585. The molecule has 0 unspecified atom stereocenters. The zero-order chi connectivity index (χ0) is 13.1. The first kappa shape index (κ1) is 12.3. The van der Waals surface area contributed by atoms with E-state index in [9.17, 15) is 10.1 Å². The number of rotatable bonds is 4. The van der Waals surface area contributed by atoms with E-state index in [-0.39, 0.29) is 10.7 Å². The highest BCUT2D eigenvalue weighted by Gasteiger charge is 2.19. The average Bonchev–Trinajstić information content (AvgIpc) is 2.74. The highest BCUT2D eigenvalue weighted by molar-refractivity contribution is 7.99. The molecule has 2 heterocycles. The van der Waals surface area contributed by atoms with Gasteiger partial charge in [-0.2, -0.15) is 5.10 Å². The van der Waals surface area contributed by atoms with Crippen molar-refractivity contribution in [2.24, 2.45) is 12.9 Å². The van der Waals surface area contributed by atoms with Crippen molar-refractivity contribution < 1.29 is 4.92 Å². The normalized spacial score (nSPS) is 10.3. The predicted molar refractivity (Wildman–Crippen MR) is 63.8 cm³/mol. The molecule has 3 N–H and O–H groups in total. The summed E-state index contributed by atoms with van der Waals surface area (Å²) in [4.78, 5) is 18.4. The van der Waals surface area contributed by atoms with E-state index in [1.807, 2.05) is 0 Å². The molecule has 0 amide bonds. The maximum atomic E-state index is 10.9. The highest BCUT2D eigenvalue weighted by Crippen LogP contribution is 2.32. The lowest BCUT2D eigenvalue weighted by molar-refractivity contribution is -0.388. The van der Waals surface area contributed by atoms with Gasteiger partial charge in [0.2, 0.25) is 0 Å². The van der Waals surface area contributed by atoms with Crippen LogP contribution >= 0.6 is 11.8 Å². The summed E-state index contributed by atoms with van der Waals surface area (Å²) in [6, 6.07) is 2.76. The van der Waals surface area contributed by atoms with Crippen LogP contribution in [0.15, 0.2) is 28.6 Å². The summed E-state index contributed by atoms with van der Waals surface area (Å²) in [6.07, 6.45) is 1.36. The Balaban J connectivity index is 2.41. The predicted octanol–water partition coefficient (Wildman–Crippen LogP) is 0.555. The van der Waals surface area contributed by atoms with E-state index >= 15 is 0 Å². The number of aromatic nitrogens is 4. The van der Waals surface area contributed by atoms with E-state index in [1.54, 1.807) is 7.05 Å². The first-order chi connectivity index (χ1) is 8.61. The van der Waals surface area contributed by atoms with Crippen molar-refractivity contribution in [3.63, 3.8) is 0 Å². The number of nitro groups is 1. The monoisotopic (exact) mass is 267 g/mol. The third-order valence-corrected chi connectivity index (χ3v) is 3.09. The molecule has 0 fully saturated rings. The smallest absolute Gasteiger partial charge is 0.301 e. The standard InChI is InChI=1S/C8H9N7O2S/c1-14-8(10-4-11-14)18-7-5(15(16)17)2-3-6(12-7)13-9/h2-4H,9H2,1H3,(H,12,13). The maximum absolute atomic E-state index is 10.9. The van der Waals surface area contributed by atoms with Gasteiger partial charge >= 0.3 is 5.69 Å². The Morgan fingerprint density at radius 3 is 2.89 bits per heavy atom. The van der Waals surface area contributed by atoms with Crippen LogP contribution in [0, 0.1) is 10.1 Å². The van der Waals surface area contributed by atoms with Gasteiger partial charge in [-0.05, 0) is 17.8 Å². The van der Waals surface area contributed by atoms with E-state index in [4.69, 9.17) is 5.84 Å². The number of nitrogens with one attached hydrogen (secondary N) is 1. The lowest BCUT2D eigenvalue weighted by Crippen LogP contribution is -2.09. The van der Waals surface area contributed by atoms with Gasteiger partial charge in [-0.3, -0.25) is 10.1 Å². The van der Waals surface area contributed by atoms with Crippen LogP contribution in [-0.4, -0.2) is 24.7 Å². The molecule has 0 atom stereocenters. The van der Waals surface area contributed by atoms with E-state index in [0.717, 1.165) is 11.8 Å². The second-order valence-corrected chi connectivity index (χ2v) is 4.15. The molecule has 0 spiro atoms. The summed E-state index contributed by atoms with van der Waals surface area (Å²) >= 11 is 1.05. The van der Waals surface area contributed by atoms with Gasteiger partial charge in [0.05, 0.1) is 4.92 Å². The molecule has 2 aromatic heterocycles. The molecular weight excluding hydrogens is 258 g/mol. The number of nitrogens with zero attached hydrogens (tertiary/aromatic N) is 5. The minimum absolute atomic E-state index is 0.109. The number of pyridine rings is 1. The van der Waals surface area contributed by atoms with Crippen LogP contribution in [-0.2, 0) is 7.05 Å². The second-order valence-electron chi connectivity index (χ2n) is 3.19. The van der Waals surface area contributed by atoms with Crippen molar-refractivity contribution in [2.75, 3.05) is 5.43 Å². The first-order valence-electron chi connectivity index (χ1n) is 4.75. The fraction of sp³-hybridized carbons (Fsp3) is 0.125. The van der Waals surface area contributed by atoms with Gasteiger partial charge in [-0.1, -0.05) is 0 Å². The zero-order valence-corrected chi connectivity index (χ0v) is 10.1. The van der Waals surface area contributed by atoms with Gasteiger partial charge in [-0.15, -0.1) is 0 Å². The van der Waals surface area contributed by atoms with Crippen molar-refractivity contribution in [2.45, 2.75) is 10.2 Å². The molecule has 0 aliphatic carbocycles. The number of nitrogen functional groups attached to an aromatic ring is 1. The van der Waals surface area contributed by atoms with Crippen LogP contribution < -0.4 is 11.3 Å². The molecule has 0 saturated carbocycles. The van der Waals surface area contributed by atoms with Gasteiger partial charge in [-0.25, -0.2) is 20.5 Å². The van der Waals surface area contributed by atoms with Crippen molar-refractivity contribution >= 4 is 23.3 Å². The fourth-order valence-electron chi connectivity index (χ4n) is 1.19. The Hall–Kier alpha value is -2.20. The molecule has 0 radical (unpaired) electrons. The Labute approximate surface area is 106 Å². The number of hydrogen-bond donors (Lipinski definition) is 2. The van der Waals surface area contributed by atoms with E-state index < -0.39 is 4.92 Å². The Kier molecular flexibility index (Phi) is 3.39. The number of hydrogen-bond acceptors (Lipinski definition) is 8. The van der Waals surface area contributed by atoms with Crippen molar-refractivity contribution in [1.82, 2.24) is 19.7 Å². The summed E-state index contributed by atoms with van der Waals surface area (Å²) in [5.74, 6) is 5.56. The van der Waals surface area contributed by atoms with Gasteiger partial charge in [0.15, 0.2) is 10.2 Å². The third-order valence-electron chi connectivity index (χ3n) is 2.04. The van der Waals surface area contributed by atoms with Crippen molar-refractivity contribution in [3.8, 4) is 0 Å². The van der Waals surface area contributed by atoms with Crippen LogP contribution in [0.3, 0.4) is 0 Å². The maximum Gasteiger partial charge on any atom is 0.301 e. The summed E-state index contributed by atoms with van der Waals surface area (Å²) in [7, 11) is 1.69. The minimum atomic E-state index is -0.508. The van der Waals surface area contributed by atoms with E-state index in [0.29, 0.717) is 11.0 Å². The largest absolute Gasteiger partial charge is 0.308 e. The molecule has 2 aromatic rings. The third kappa shape index (κ3) is 2.38. The van der Waals surface area contributed by atoms with Crippen LogP contribution in [0.25, 0.3) is 0 Å². The second kappa shape index (κ2) is 4.98. The van der Waals surface area contributed by atoms with Gasteiger partial charge < -0.3 is 5.43 Å². The van der Waals surface area contributed by atoms with E-state index in [1.165, 1.54) is 23.1 Å². The molecule has 10 heteroatoms. The highest BCUT2D eigenvalue weighted by atomic mass is 32.2. The molecule has 0 aliphatic heterocycles. The number of aryl methyl sites for hydroxylation is 1. The van der Waals surface area contributed by atoms with Gasteiger partial charge in [0, 0.05) is 13.1 Å². The molecule has 0 aromatic carbocycles. The average molecular weight is 267 g/mol. The lowest BCUT2D eigenvalue weighted by Gasteiger charge is -2.04. The van der Waals surface area contributed by atoms with Crippen LogP contribution in [0.1, 0.15) is 0 Å². The van der Waals surface area contributed by atoms with Gasteiger partial charge in [0.25, 0.3) is 0 Å². The number of hydrazine groups is 1. The summed E-state index contributed by atoms with van der Waals surface area (Å²) in [6.45, 7) is 0. The molecule has 18 heavy (non-hydrogen) atoms. The van der Waals surface area contributed by atoms with Crippen molar-refractivity contribution in [1.29, 1.82) is 0 Å². The molecule has 0 saturated heterocycles. The summed E-state index contributed by atoms with van der Waals surface area (Å²) in [5.41, 5.74) is 2.23. The minimum Gasteiger partial charge on any atom is -0.308 e. The Morgan fingerprint density at radius 2 is 2.33 bits per heavy atom. The van der Waals surface area contributed by atoms with Gasteiger partial charge in [0.1, 0.15) is 12.1 Å². The first-order valence-corrected chi connectivity index (χ1v) is 5.57. The van der Waals surface area contributed by atoms with E-state index in [2.05, 4.69) is 20.5 Å². The molecular formula is C8H9N7O2S. The molecule has 0 bridgehead atoms. The number of anilines is 1. The topological polar surface area (TPSA) is 125 Å². The van der Waals surface area contributed by atoms with Crippen molar-refractivity contribution in [3.05, 3.63) is 28.6 Å². The number of nitrogens with two attached hydrogens (primary N) is 1. The van der Waals surface area contributed by atoms with Crippen LogP contribution in [0.4, 0.5) is 11.5 Å². The molecule has 94 valence electrons. The Morgan fingerprint density at radius 1 is 1.56 bits per heavy atom. The van der Waals surface area contributed by atoms with Crippen LogP contribution in [0.5, 0.6) is 0 Å². The SMILES string of the molecule is Cn1ncnc1Sc1nc(NN)ccc1[N+](=O)[O-]. The summed E-state index contributed by atoms with van der Waals surface area (Å²) < 4.78 is 1.50. The molecule has 9 nitrogen and oxygen atoms in total. The van der Waals surface area contributed by atoms with Crippen LogP contribution in [0.2, 0.25) is 0 Å². The lowest BCUT2D eigenvalue weighted by atomic mass is 10.4. The molecule has 0 aliphatic rings.